The Morgan fingerprint density at radius 3 is 2.84 bits per heavy atom. The molecule has 1 aliphatic carbocycles. The Balaban J connectivity index is 1.99. The topological polar surface area (TPSA) is 38.3 Å². The van der Waals surface area contributed by atoms with Crippen LogP contribution in [0.5, 0.6) is 5.75 Å². The minimum absolute atomic E-state index is 0.0641. The molecule has 3 nitrogen and oxygen atoms in total. The normalized spacial score (nSPS) is 15.9. The molecule has 2 rings (SSSR count). The fourth-order valence-electron chi connectivity index (χ4n) is 2.30. The summed E-state index contributed by atoms with van der Waals surface area (Å²) < 4.78 is 5.13. The molecule has 0 heterocycles. The number of hydrogen-bond donors (Lipinski definition) is 1. The highest BCUT2D eigenvalue weighted by Crippen LogP contribution is 2.28. The van der Waals surface area contributed by atoms with E-state index in [-0.39, 0.29) is 5.91 Å². The lowest BCUT2D eigenvalue weighted by atomic mass is 10.2. The third-order valence-corrected chi connectivity index (χ3v) is 3.73. The van der Waals surface area contributed by atoms with Crippen molar-refractivity contribution in [3.63, 3.8) is 0 Å². The summed E-state index contributed by atoms with van der Waals surface area (Å²) >= 11 is 6.15. The predicted octanol–water partition coefficient (Wildman–Crippen LogP) is 3.42. The van der Waals surface area contributed by atoms with Crippen LogP contribution in [0.25, 0.3) is 6.08 Å². The van der Waals surface area contributed by atoms with Crippen LogP contribution < -0.4 is 10.1 Å². The molecular weight excluding hydrogens is 262 g/mol. The largest absolute Gasteiger partial charge is 0.495 e. The third-order valence-electron chi connectivity index (χ3n) is 3.33. The first kappa shape index (κ1) is 13.9. The molecule has 0 bridgehead atoms. The van der Waals surface area contributed by atoms with E-state index >= 15 is 0 Å². The lowest BCUT2D eigenvalue weighted by molar-refractivity contribution is -0.117. The molecule has 0 aliphatic heterocycles. The van der Waals surface area contributed by atoms with E-state index in [0.717, 1.165) is 18.4 Å². The van der Waals surface area contributed by atoms with Gasteiger partial charge in [0.2, 0.25) is 5.91 Å². The van der Waals surface area contributed by atoms with E-state index in [1.165, 1.54) is 18.9 Å². The van der Waals surface area contributed by atoms with E-state index in [2.05, 4.69) is 5.32 Å². The molecule has 0 aromatic heterocycles. The number of methoxy groups -OCH3 is 1. The van der Waals surface area contributed by atoms with Crippen LogP contribution in [0.3, 0.4) is 0 Å². The van der Waals surface area contributed by atoms with Crippen molar-refractivity contribution < 1.29 is 9.53 Å². The van der Waals surface area contributed by atoms with Crippen molar-refractivity contribution in [2.24, 2.45) is 0 Å². The quantitative estimate of drug-likeness (QED) is 0.858. The van der Waals surface area contributed by atoms with Gasteiger partial charge in [-0.2, -0.15) is 0 Å². The Morgan fingerprint density at radius 1 is 1.42 bits per heavy atom. The molecule has 19 heavy (non-hydrogen) atoms. The average Bonchev–Trinajstić information content (AvgIpc) is 2.90. The number of carbonyl (C=O) groups excluding carboxylic acids is 1. The molecule has 0 radical (unpaired) electrons. The molecule has 0 atom stereocenters. The van der Waals surface area contributed by atoms with Gasteiger partial charge in [0.25, 0.3) is 0 Å². The van der Waals surface area contributed by atoms with Gasteiger partial charge in [0.1, 0.15) is 5.75 Å². The molecular formula is C15H18ClNO2. The maximum Gasteiger partial charge on any atom is 0.244 e. The van der Waals surface area contributed by atoms with Gasteiger partial charge in [0, 0.05) is 12.1 Å². The lowest BCUT2D eigenvalue weighted by Gasteiger charge is -2.09. The molecule has 1 saturated carbocycles. The highest BCUT2D eigenvalue weighted by Gasteiger charge is 2.15. The Hall–Kier alpha value is -1.48. The van der Waals surface area contributed by atoms with Crippen molar-refractivity contribution in [3.05, 3.63) is 34.9 Å². The van der Waals surface area contributed by atoms with Gasteiger partial charge < -0.3 is 10.1 Å². The Bertz CT molecular complexity index is 479. The molecule has 102 valence electrons. The van der Waals surface area contributed by atoms with E-state index < -0.39 is 0 Å². The smallest absolute Gasteiger partial charge is 0.244 e. The van der Waals surface area contributed by atoms with E-state index in [0.29, 0.717) is 16.8 Å². The molecule has 1 aromatic rings. The molecule has 0 spiro atoms. The summed E-state index contributed by atoms with van der Waals surface area (Å²) in [4.78, 5) is 11.8. The summed E-state index contributed by atoms with van der Waals surface area (Å²) in [6.45, 7) is 0. The molecule has 1 aromatic carbocycles. The SMILES string of the molecule is COc1cccc(/C=C/C(=O)NC2CCCC2)c1Cl. The number of amides is 1. The van der Waals surface area contributed by atoms with E-state index in [1.807, 2.05) is 12.1 Å². The van der Waals surface area contributed by atoms with Gasteiger partial charge in [-0.15, -0.1) is 0 Å². The highest BCUT2D eigenvalue weighted by molar-refractivity contribution is 6.33. The zero-order valence-electron chi connectivity index (χ0n) is 11.0. The van der Waals surface area contributed by atoms with Crippen LogP contribution in [-0.4, -0.2) is 19.1 Å². The van der Waals surface area contributed by atoms with Crippen molar-refractivity contribution in [3.8, 4) is 5.75 Å². The minimum Gasteiger partial charge on any atom is -0.495 e. The summed E-state index contributed by atoms with van der Waals surface area (Å²) in [6, 6.07) is 5.82. The number of carbonyl (C=O) groups is 1. The number of rotatable bonds is 4. The van der Waals surface area contributed by atoms with Crippen LogP contribution >= 0.6 is 11.6 Å². The first-order valence-corrected chi connectivity index (χ1v) is 6.89. The molecule has 0 unspecified atom stereocenters. The molecule has 1 aliphatic rings. The zero-order chi connectivity index (χ0) is 13.7. The van der Waals surface area contributed by atoms with Crippen LogP contribution in [-0.2, 0) is 4.79 Å². The monoisotopic (exact) mass is 279 g/mol. The summed E-state index contributed by atoms with van der Waals surface area (Å²) in [6.07, 6.45) is 7.82. The van der Waals surface area contributed by atoms with Gasteiger partial charge in [-0.3, -0.25) is 4.79 Å². The summed E-state index contributed by atoms with van der Waals surface area (Å²) in [5.41, 5.74) is 0.780. The summed E-state index contributed by atoms with van der Waals surface area (Å²) in [7, 11) is 1.57. The van der Waals surface area contributed by atoms with Crippen LogP contribution in [0.1, 0.15) is 31.2 Å². The highest BCUT2D eigenvalue weighted by atomic mass is 35.5. The van der Waals surface area contributed by atoms with Crippen molar-refractivity contribution >= 4 is 23.6 Å². The van der Waals surface area contributed by atoms with E-state index in [9.17, 15) is 4.79 Å². The molecule has 0 saturated heterocycles. The minimum atomic E-state index is -0.0641. The van der Waals surface area contributed by atoms with E-state index in [1.54, 1.807) is 19.3 Å². The predicted molar refractivity (Wildman–Crippen MR) is 77.4 cm³/mol. The third kappa shape index (κ3) is 3.74. The molecule has 1 fully saturated rings. The Morgan fingerprint density at radius 2 is 2.16 bits per heavy atom. The number of ether oxygens (including phenoxy) is 1. The second-order valence-electron chi connectivity index (χ2n) is 4.69. The maximum absolute atomic E-state index is 11.8. The van der Waals surface area contributed by atoms with Crippen molar-refractivity contribution in [2.75, 3.05) is 7.11 Å². The number of halogens is 1. The standard InChI is InChI=1S/C15H18ClNO2/c1-19-13-8-4-5-11(15(13)16)9-10-14(18)17-12-6-2-3-7-12/h4-5,8-10,12H,2-3,6-7H2,1H3,(H,17,18)/b10-9+. The Kier molecular flexibility index (Phi) is 4.86. The van der Waals surface area contributed by atoms with E-state index in [4.69, 9.17) is 16.3 Å². The van der Waals surface area contributed by atoms with Crippen LogP contribution in [0.15, 0.2) is 24.3 Å². The van der Waals surface area contributed by atoms with Gasteiger partial charge in [0.15, 0.2) is 0 Å². The number of nitrogens with one attached hydrogen (secondary N) is 1. The maximum atomic E-state index is 11.8. The van der Waals surface area contributed by atoms with Gasteiger partial charge in [-0.1, -0.05) is 36.6 Å². The van der Waals surface area contributed by atoms with Crippen molar-refractivity contribution in [1.82, 2.24) is 5.32 Å². The van der Waals surface area contributed by atoms with Gasteiger partial charge in [0.05, 0.1) is 12.1 Å². The Labute approximate surface area is 118 Å². The zero-order valence-corrected chi connectivity index (χ0v) is 11.7. The van der Waals surface area contributed by atoms with Crippen LogP contribution in [0.4, 0.5) is 0 Å². The van der Waals surface area contributed by atoms with Crippen LogP contribution in [0, 0.1) is 0 Å². The van der Waals surface area contributed by atoms with Gasteiger partial charge in [-0.25, -0.2) is 0 Å². The first-order chi connectivity index (χ1) is 9.20. The van der Waals surface area contributed by atoms with Gasteiger partial charge >= 0.3 is 0 Å². The summed E-state index contributed by atoms with van der Waals surface area (Å²) in [5, 5.41) is 3.52. The molecule has 1 N–H and O–H groups in total. The number of benzene rings is 1. The van der Waals surface area contributed by atoms with Crippen LogP contribution in [0.2, 0.25) is 5.02 Å². The van der Waals surface area contributed by atoms with Crippen molar-refractivity contribution in [1.29, 1.82) is 0 Å². The van der Waals surface area contributed by atoms with Gasteiger partial charge in [-0.05, 0) is 30.5 Å². The van der Waals surface area contributed by atoms with Crippen molar-refractivity contribution in [2.45, 2.75) is 31.7 Å². The molecule has 4 heteroatoms. The first-order valence-electron chi connectivity index (χ1n) is 6.52. The summed E-state index contributed by atoms with van der Waals surface area (Å²) in [5.74, 6) is 0.547. The number of hydrogen-bond acceptors (Lipinski definition) is 2. The second-order valence-corrected chi connectivity index (χ2v) is 5.06. The fraction of sp³-hybridized carbons (Fsp3) is 0.400. The average molecular weight is 280 g/mol. The lowest BCUT2D eigenvalue weighted by Crippen LogP contribution is -2.30. The molecule has 1 amide bonds. The second kappa shape index (κ2) is 6.62. The fourth-order valence-corrected chi connectivity index (χ4v) is 2.57.